The van der Waals surface area contributed by atoms with E-state index >= 15 is 0 Å². The van der Waals surface area contributed by atoms with Crippen LogP contribution in [0, 0.1) is 33.8 Å². The fourth-order valence-corrected chi connectivity index (χ4v) is 7.39. The third-order valence-electron chi connectivity index (χ3n) is 7.07. The van der Waals surface area contributed by atoms with Gasteiger partial charge in [-0.3, -0.25) is 24.5 Å². The fourth-order valence-electron chi connectivity index (χ4n) is 5.51. The Bertz CT molecular complexity index is 1250. The number of fused-ring (bicyclic) bond motifs is 5. The summed E-state index contributed by atoms with van der Waals surface area (Å²) in [5.41, 5.74) is -0.114. The zero-order valence-corrected chi connectivity index (χ0v) is 21.2. The minimum atomic E-state index is -0.878. The number of ether oxygens (including phenoxy) is 1. The maximum Gasteiger partial charge on any atom is 0.340 e. The van der Waals surface area contributed by atoms with Crippen molar-refractivity contribution < 1.29 is 28.8 Å². The second-order valence-corrected chi connectivity index (χ2v) is 11.0. The van der Waals surface area contributed by atoms with E-state index in [1.807, 2.05) is 0 Å². The first-order chi connectivity index (χ1) is 16.7. The number of imide groups is 1. The zero-order chi connectivity index (χ0) is 25.0. The van der Waals surface area contributed by atoms with E-state index < -0.39 is 35.1 Å². The number of benzene rings is 2. The molecule has 2 aromatic carbocycles. The Kier molecular flexibility index (Phi) is 6.08. The van der Waals surface area contributed by atoms with Gasteiger partial charge in [-0.2, -0.15) is 0 Å². The van der Waals surface area contributed by atoms with E-state index in [4.69, 9.17) is 4.74 Å². The molecular formula is C24H18Br2N2O7. The fraction of sp³-hybridized carbons (Fsp3) is 0.333. The third kappa shape index (κ3) is 3.81. The number of rotatable bonds is 6. The van der Waals surface area contributed by atoms with Crippen molar-refractivity contribution in [2.24, 2.45) is 23.7 Å². The topological polar surface area (TPSA) is 124 Å². The number of alkyl halides is 2. The molecular weight excluding hydrogens is 588 g/mol. The number of carbonyl (C=O) groups is 4. The average molecular weight is 606 g/mol. The monoisotopic (exact) mass is 604 g/mol. The molecule has 1 saturated heterocycles. The maximum atomic E-state index is 13.4. The molecule has 0 aromatic heterocycles. The van der Waals surface area contributed by atoms with Crippen LogP contribution in [0.5, 0.6) is 0 Å². The minimum absolute atomic E-state index is 0.0147. The lowest BCUT2D eigenvalue weighted by molar-refractivity contribution is -0.384. The number of hydrogen-bond donors (Lipinski definition) is 0. The first-order valence-corrected chi connectivity index (χ1v) is 12.7. The molecule has 1 aliphatic heterocycles. The van der Waals surface area contributed by atoms with Gasteiger partial charge in [0, 0.05) is 27.4 Å². The summed E-state index contributed by atoms with van der Waals surface area (Å²) in [6.45, 7) is -0.651. The van der Waals surface area contributed by atoms with Crippen LogP contribution in [-0.4, -0.2) is 44.8 Å². The molecule has 2 bridgehead atoms. The van der Waals surface area contributed by atoms with Crippen LogP contribution in [0.2, 0.25) is 0 Å². The molecule has 35 heavy (non-hydrogen) atoms. The Morgan fingerprint density at radius 1 is 1.00 bits per heavy atom. The minimum Gasteiger partial charge on any atom is -0.454 e. The molecule has 0 radical (unpaired) electrons. The normalized spacial score (nSPS) is 28.8. The lowest BCUT2D eigenvalue weighted by Crippen LogP contribution is -2.37. The van der Waals surface area contributed by atoms with Crippen molar-refractivity contribution in [1.82, 2.24) is 0 Å². The van der Waals surface area contributed by atoms with E-state index in [1.165, 1.54) is 30.3 Å². The van der Waals surface area contributed by atoms with Gasteiger partial charge in [0.15, 0.2) is 6.61 Å². The predicted octanol–water partition coefficient (Wildman–Crippen LogP) is 3.92. The molecule has 9 nitrogen and oxygen atoms in total. The summed E-state index contributed by atoms with van der Waals surface area (Å²) in [5.74, 6) is -2.98. The zero-order valence-electron chi connectivity index (χ0n) is 18.0. The number of ketones is 1. The highest BCUT2D eigenvalue weighted by Gasteiger charge is 2.66. The highest BCUT2D eigenvalue weighted by molar-refractivity contribution is 9.12. The number of Topliss-reactive ketones (excluding diaryl/α,β-unsaturated/α-hetero) is 1. The first-order valence-electron chi connectivity index (χ1n) is 10.9. The number of nitro benzene ring substituents is 1. The third-order valence-corrected chi connectivity index (χ3v) is 10.3. The molecule has 11 heteroatoms. The highest BCUT2D eigenvalue weighted by atomic mass is 79.9. The van der Waals surface area contributed by atoms with Crippen LogP contribution in [0.4, 0.5) is 11.4 Å². The van der Waals surface area contributed by atoms with E-state index in [2.05, 4.69) is 31.9 Å². The molecule has 2 aliphatic carbocycles. The Hall–Kier alpha value is -2.92. The summed E-state index contributed by atoms with van der Waals surface area (Å²) in [5, 5.41) is 10.9. The van der Waals surface area contributed by atoms with Gasteiger partial charge in [-0.15, -0.1) is 0 Å². The molecule has 5 rings (SSSR count). The van der Waals surface area contributed by atoms with Crippen molar-refractivity contribution in [3.63, 3.8) is 0 Å². The van der Waals surface area contributed by atoms with Crippen LogP contribution < -0.4 is 4.90 Å². The van der Waals surface area contributed by atoms with Crippen LogP contribution in [0.15, 0.2) is 48.5 Å². The summed E-state index contributed by atoms with van der Waals surface area (Å²) in [6, 6.07) is 11.2. The van der Waals surface area contributed by atoms with Gasteiger partial charge in [-0.1, -0.05) is 56.1 Å². The Balaban J connectivity index is 1.35. The smallest absolute Gasteiger partial charge is 0.340 e. The summed E-state index contributed by atoms with van der Waals surface area (Å²) in [4.78, 5) is 63.6. The number of amides is 2. The number of non-ortho nitro benzene ring substituents is 1. The molecule has 2 aromatic rings. The number of esters is 1. The average Bonchev–Trinajstić information content (AvgIpc) is 3.47. The van der Waals surface area contributed by atoms with Crippen molar-refractivity contribution in [3.05, 3.63) is 69.8 Å². The SMILES string of the molecule is O=C(COC(=O)c1ccccc1N1C(=O)[C@@H]2[C@@H]3C[C@H]([C@H](Br)[C@@H]3Br)[C@@H]2C1=O)c1cccc([N+](=O)[O-])c1. The number of halogens is 2. The molecule has 2 saturated carbocycles. The summed E-state index contributed by atoms with van der Waals surface area (Å²) >= 11 is 7.30. The standard InChI is InChI=1S/C24H18Br2N2O7/c25-20-14-9-15(21(20)26)19-18(14)22(30)27(23(19)31)16-7-2-1-6-13(16)24(32)35-10-17(29)11-4-3-5-12(8-11)28(33)34/h1-8,14-15,18-21H,9-10H2/t14-,15-,18-,19+,20-,21+/m0/s1. The molecule has 0 N–H and O–H groups in total. The summed E-state index contributed by atoms with van der Waals surface area (Å²) in [6.07, 6.45) is 0.788. The molecule has 1 heterocycles. The number of nitrogens with zero attached hydrogens (tertiary/aromatic N) is 2. The van der Waals surface area contributed by atoms with Gasteiger partial charge >= 0.3 is 5.97 Å². The lowest BCUT2D eigenvalue weighted by Gasteiger charge is -2.28. The second-order valence-electron chi connectivity index (χ2n) is 8.84. The molecule has 3 fully saturated rings. The summed E-state index contributed by atoms with van der Waals surface area (Å²) < 4.78 is 5.18. The number of anilines is 1. The van der Waals surface area contributed by atoms with E-state index in [-0.39, 0.29) is 55.8 Å². The van der Waals surface area contributed by atoms with Crippen LogP contribution in [0.3, 0.4) is 0 Å². The van der Waals surface area contributed by atoms with Gasteiger partial charge in [-0.05, 0) is 30.4 Å². The van der Waals surface area contributed by atoms with Crippen molar-refractivity contribution in [2.75, 3.05) is 11.5 Å². The molecule has 2 amide bonds. The first kappa shape index (κ1) is 23.8. The van der Waals surface area contributed by atoms with E-state index in [0.29, 0.717) is 0 Å². The van der Waals surface area contributed by atoms with Gasteiger partial charge in [0.05, 0.1) is 28.0 Å². The number of para-hydroxylation sites is 1. The van der Waals surface area contributed by atoms with E-state index in [1.54, 1.807) is 12.1 Å². The Morgan fingerprint density at radius 3 is 2.26 bits per heavy atom. The summed E-state index contributed by atoms with van der Waals surface area (Å²) in [7, 11) is 0. The second kappa shape index (κ2) is 8.94. The van der Waals surface area contributed by atoms with E-state index in [9.17, 15) is 29.3 Å². The van der Waals surface area contributed by atoms with Crippen LogP contribution >= 0.6 is 31.9 Å². The van der Waals surface area contributed by atoms with Crippen LogP contribution in [0.1, 0.15) is 27.1 Å². The molecule has 0 unspecified atom stereocenters. The molecule has 3 aliphatic rings. The van der Waals surface area contributed by atoms with Gasteiger partial charge < -0.3 is 4.74 Å². The molecule has 0 spiro atoms. The largest absolute Gasteiger partial charge is 0.454 e. The van der Waals surface area contributed by atoms with Crippen molar-refractivity contribution >= 4 is 66.8 Å². The quantitative estimate of drug-likeness (QED) is 0.122. The lowest BCUT2D eigenvalue weighted by atomic mass is 9.81. The van der Waals surface area contributed by atoms with Gasteiger partial charge in [0.1, 0.15) is 0 Å². The molecule has 6 atom stereocenters. The predicted molar refractivity (Wildman–Crippen MR) is 131 cm³/mol. The van der Waals surface area contributed by atoms with E-state index in [0.717, 1.165) is 17.4 Å². The highest BCUT2D eigenvalue weighted by Crippen LogP contribution is 2.60. The van der Waals surface area contributed by atoms with Crippen molar-refractivity contribution in [1.29, 1.82) is 0 Å². The van der Waals surface area contributed by atoms with Gasteiger partial charge in [0.2, 0.25) is 17.6 Å². The Morgan fingerprint density at radius 2 is 1.63 bits per heavy atom. The molecule has 180 valence electrons. The number of nitro groups is 1. The van der Waals surface area contributed by atoms with Gasteiger partial charge in [0.25, 0.3) is 5.69 Å². The maximum absolute atomic E-state index is 13.4. The van der Waals surface area contributed by atoms with Crippen LogP contribution in [0.25, 0.3) is 0 Å². The Labute approximate surface area is 216 Å². The number of hydrogen-bond acceptors (Lipinski definition) is 7. The van der Waals surface area contributed by atoms with Crippen molar-refractivity contribution in [3.8, 4) is 0 Å². The van der Waals surface area contributed by atoms with Gasteiger partial charge in [-0.25, -0.2) is 9.69 Å². The van der Waals surface area contributed by atoms with Crippen LogP contribution in [-0.2, 0) is 14.3 Å². The number of carbonyl (C=O) groups excluding carboxylic acids is 4. The van der Waals surface area contributed by atoms with Crippen molar-refractivity contribution in [2.45, 2.75) is 16.1 Å².